The molecule has 0 aromatic heterocycles. The highest BCUT2D eigenvalue weighted by Crippen LogP contribution is 2.03. The van der Waals surface area contributed by atoms with E-state index in [9.17, 15) is 4.79 Å². The van der Waals surface area contributed by atoms with E-state index in [1.165, 1.54) is 0 Å². The van der Waals surface area contributed by atoms with Crippen LogP contribution >= 0.6 is 0 Å². The van der Waals surface area contributed by atoms with Crippen LogP contribution < -0.4 is 0 Å². The van der Waals surface area contributed by atoms with Gasteiger partial charge in [0.2, 0.25) is 0 Å². The lowest BCUT2D eigenvalue weighted by atomic mass is 10.1. The summed E-state index contributed by atoms with van der Waals surface area (Å²) in [4.78, 5) is 10.1. The third kappa shape index (κ3) is 3.14. The van der Waals surface area contributed by atoms with Crippen molar-refractivity contribution < 1.29 is 30.3 Å². The zero-order chi connectivity index (χ0) is 9.72. The maximum absolute atomic E-state index is 10.1. The maximum atomic E-state index is 10.1. The summed E-state index contributed by atoms with van der Waals surface area (Å²) in [5.74, 6) is -1.61. The second-order valence-corrected chi connectivity index (χ2v) is 2.35. The Hall–Kier alpha value is -0.690. The number of hydrogen-bond acceptors (Lipinski definition) is 5. The molecule has 0 radical (unpaired) electrons. The summed E-state index contributed by atoms with van der Waals surface area (Å²) in [5.41, 5.74) is 0. The predicted octanol–water partition coefficient (Wildman–Crippen LogP) is -2.46. The molecule has 0 unspecified atom stereocenters. The average molecular weight is 180 g/mol. The number of hydrogen-bond donors (Lipinski definition) is 5. The summed E-state index contributed by atoms with van der Waals surface area (Å²) < 4.78 is 0. The number of aliphatic hydroxyl groups is 4. The van der Waals surface area contributed by atoms with E-state index in [0.29, 0.717) is 0 Å². The second kappa shape index (κ2) is 5.04. The van der Waals surface area contributed by atoms with E-state index in [0.717, 1.165) is 0 Å². The summed E-state index contributed by atoms with van der Waals surface area (Å²) in [5, 5.41) is 43.0. The van der Waals surface area contributed by atoms with Gasteiger partial charge in [-0.25, -0.2) is 4.79 Å². The van der Waals surface area contributed by atoms with Crippen LogP contribution in [0.5, 0.6) is 0 Å². The number of carboxylic acids is 1. The normalized spacial score (nSPS) is 18.3. The van der Waals surface area contributed by atoms with E-state index in [4.69, 9.17) is 25.5 Å². The second-order valence-electron chi connectivity index (χ2n) is 2.35. The van der Waals surface area contributed by atoms with Crippen LogP contribution in [0.25, 0.3) is 0 Å². The van der Waals surface area contributed by atoms with Crippen molar-refractivity contribution in [2.75, 3.05) is 6.61 Å². The lowest BCUT2D eigenvalue weighted by Crippen LogP contribution is -2.42. The van der Waals surface area contributed by atoms with Gasteiger partial charge in [-0.3, -0.25) is 0 Å². The molecule has 5 N–H and O–H groups in total. The van der Waals surface area contributed by atoms with Gasteiger partial charge in [0.1, 0.15) is 6.10 Å². The van der Waals surface area contributed by atoms with E-state index in [-0.39, 0.29) is 13.0 Å². The molecule has 0 spiro atoms. The minimum absolute atomic E-state index is 0.175. The molecule has 6 nitrogen and oxygen atoms in total. The smallest absolute Gasteiger partial charge is 0.335 e. The molecule has 0 aromatic carbocycles. The Labute approximate surface area is 68.7 Å². The Morgan fingerprint density at radius 3 is 2.08 bits per heavy atom. The molecule has 6 heteroatoms. The van der Waals surface area contributed by atoms with Crippen molar-refractivity contribution in [3.05, 3.63) is 0 Å². The molecule has 0 aliphatic carbocycles. The third-order valence-corrected chi connectivity index (χ3v) is 1.40. The molecular weight excluding hydrogens is 168 g/mol. The summed E-state index contributed by atoms with van der Waals surface area (Å²) in [6.45, 7) is -0.384. The van der Waals surface area contributed by atoms with Gasteiger partial charge in [0.05, 0.1) is 6.10 Å². The summed E-state index contributed by atoms with van der Waals surface area (Å²) in [6, 6.07) is 0. The van der Waals surface area contributed by atoms with Crippen LogP contribution in [0.1, 0.15) is 6.42 Å². The largest absolute Gasteiger partial charge is 0.479 e. The first-order valence-corrected chi connectivity index (χ1v) is 3.38. The van der Waals surface area contributed by atoms with Crippen LogP contribution in [0.4, 0.5) is 0 Å². The zero-order valence-electron chi connectivity index (χ0n) is 6.29. The number of aliphatic hydroxyl groups excluding tert-OH is 4. The van der Waals surface area contributed by atoms with Gasteiger partial charge in [-0.2, -0.15) is 0 Å². The van der Waals surface area contributed by atoms with Crippen molar-refractivity contribution in [1.82, 2.24) is 0 Å². The Morgan fingerprint density at radius 2 is 1.75 bits per heavy atom. The highest BCUT2D eigenvalue weighted by Gasteiger charge is 2.29. The molecule has 0 saturated heterocycles. The van der Waals surface area contributed by atoms with E-state index in [2.05, 4.69) is 0 Å². The van der Waals surface area contributed by atoms with Crippen molar-refractivity contribution in [1.29, 1.82) is 0 Å². The molecule has 12 heavy (non-hydrogen) atoms. The van der Waals surface area contributed by atoms with E-state index in [1.807, 2.05) is 0 Å². The van der Waals surface area contributed by atoms with E-state index < -0.39 is 24.3 Å². The first-order valence-electron chi connectivity index (χ1n) is 3.38. The number of carboxylic acid groups (broad SMARTS) is 1. The molecule has 0 fully saturated rings. The van der Waals surface area contributed by atoms with Gasteiger partial charge in [-0.1, -0.05) is 0 Å². The van der Waals surface area contributed by atoms with Crippen molar-refractivity contribution in [2.24, 2.45) is 0 Å². The van der Waals surface area contributed by atoms with Crippen molar-refractivity contribution in [3.63, 3.8) is 0 Å². The summed E-state index contributed by atoms with van der Waals surface area (Å²) >= 11 is 0. The minimum atomic E-state index is -2.02. The molecule has 0 rings (SSSR count). The summed E-state index contributed by atoms with van der Waals surface area (Å²) in [6.07, 6.45) is -5.40. The highest BCUT2D eigenvalue weighted by molar-refractivity contribution is 5.72. The quantitative estimate of drug-likeness (QED) is 0.320. The van der Waals surface area contributed by atoms with Crippen LogP contribution in [0.15, 0.2) is 0 Å². The summed E-state index contributed by atoms with van der Waals surface area (Å²) in [7, 11) is 0. The van der Waals surface area contributed by atoms with Crippen LogP contribution in [-0.2, 0) is 4.79 Å². The van der Waals surface area contributed by atoms with Gasteiger partial charge in [0.15, 0.2) is 6.10 Å². The Balaban J connectivity index is 3.99. The third-order valence-electron chi connectivity index (χ3n) is 1.40. The van der Waals surface area contributed by atoms with Gasteiger partial charge < -0.3 is 25.5 Å². The Morgan fingerprint density at radius 1 is 1.25 bits per heavy atom. The number of rotatable bonds is 5. The standard InChI is InChI=1S/C6H12O6/c7-2-1-3(8)4(9)5(10)6(11)12/h3-5,7-10H,1-2H2,(H,11,12)/t3-,4-,5+/m0/s1. The molecular formula is C6H12O6. The fourth-order valence-electron chi connectivity index (χ4n) is 0.660. The topological polar surface area (TPSA) is 118 Å². The van der Waals surface area contributed by atoms with Crippen molar-refractivity contribution in [2.45, 2.75) is 24.7 Å². The Kier molecular flexibility index (Phi) is 4.75. The monoisotopic (exact) mass is 180 g/mol. The van der Waals surface area contributed by atoms with Crippen LogP contribution in [0.2, 0.25) is 0 Å². The zero-order valence-corrected chi connectivity index (χ0v) is 6.29. The van der Waals surface area contributed by atoms with E-state index in [1.54, 1.807) is 0 Å². The highest BCUT2D eigenvalue weighted by atomic mass is 16.4. The van der Waals surface area contributed by atoms with Crippen LogP contribution in [0.3, 0.4) is 0 Å². The minimum Gasteiger partial charge on any atom is -0.479 e. The van der Waals surface area contributed by atoms with Crippen LogP contribution in [-0.4, -0.2) is 56.4 Å². The number of aliphatic carboxylic acids is 1. The molecule has 0 aliphatic heterocycles. The van der Waals surface area contributed by atoms with Crippen LogP contribution in [0, 0.1) is 0 Å². The number of carbonyl (C=O) groups is 1. The fraction of sp³-hybridized carbons (Fsp3) is 0.833. The lowest BCUT2D eigenvalue weighted by molar-refractivity contribution is -0.158. The molecule has 0 aromatic rings. The molecule has 3 atom stereocenters. The van der Waals surface area contributed by atoms with E-state index >= 15 is 0 Å². The van der Waals surface area contributed by atoms with Gasteiger partial charge in [-0.15, -0.1) is 0 Å². The first kappa shape index (κ1) is 11.3. The van der Waals surface area contributed by atoms with Gasteiger partial charge in [0, 0.05) is 6.61 Å². The SMILES string of the molecule is O=C(O)[C@H](O)[C@@H](O)[C@@H](O)CCO. The maximum Gasteiger partial charge on any atom is 0.335 e. The van der Waals surface area contributed by atoms with Gasteiger partial charge in [-0.05, 0) is 6.42 Å². The lowest BCUT2D eigenvalue weighted by Gasteiger charge is -2.18. The van der Waals surface area contributed by atoms with Crippen molar-refractivity contribution in [3.8, 4) is 0 Å². The first-order chi connectivity index (χ1) is 5.50. The average Bonchev–Trinajstić information content (AvgIpc) is 2.02. The van der Waals surface area contributed by atoms with Gasteiger partial charge >= 0.3 is 5.97 Å². The Bertz CT molecular complexity index is 147. The molecule has 0 heterocycles. The fourth-order valence-corrected chi connectivity index (χ4v) is 0.660. The predicted molar refractivity (Wildman–Crippen MR) is 37.4 cm³/mol. The molecule has 0 amide bonds. The molecule has 0 bridgehead atoms. The van der Waals surface area contributed by atoms with Crippen molar-refractivity contribution >= 4 is 5.97 Å². The van der Waals surface area contributed by atoms with Gasteiger partial charge in [0.25, 0.3) is 0 Å². The molecule has 72 valence electrons. The molecule has 0 aliphatic rings. The molecule has 0 saturated carbocycles.